The zero-order valence-corrected chi connectivity index (χ0v) is 10.6. The predicted molar refractivity (Wildman–Crippen MR) is 68.8 cm³/mol. The summed E-state index contributed by atoms with van der Waals surface area (Å²) >= 11 is 2.01. The molecule has 0 aromatic carbocycles. The van der Waals surface area contributed by atoms with Gasteiger partial charge >= 0.3 is 0 Å². The Morgan fingerprint density at radius 2 is 2.38 bits per heavy atom. The van der Waals surface area contributed by atoms with E-state index in [1.54, 1.807) is 0 Å². The molecule has 0 radical (unpaired) electrons. The SMILES string of the molecule is Cc1cc(CN)nc(N2CCSC(C)C2)n1. The van der Waals surface area contributed by atoms with Crippen molar-refractivity contribution >= 4 is 17.7 Å². The number of aryl methyl sites for hydroxylation is 1. The zero-order valence-electron chi connectivity index (χ0n) is 9.81. The minimum atomic E-state index is 0.481. The molecule has 1 aromatic rings. The lowest BCUT2D eigenvalue weighted by Gasteiger charge is -2.30. The van der Waals surface area contributed by atoms with Gasteiger partial charge in [0.15, 0.2) is 0 Å². The molecule has 1 aliphatic rings. The van der Waals surface area contributed by atoms with E-state index in [4.69, 9.17) is 5.73 Å². The Morgan fingerprint density at radius 3 is 3.06 bits per heavy atom. The maximum atomic E-state index is 5.63. The van der Waals surface area contributed by atoms with Crippen molar-refractivity contribution in [3.05, 3.63) is 17.5 Å². The molecule has 0 amide bonds. The number of rotatable bonds is 2. The molecule has 2 N–H and O–H groups in total. The van der Waals surface area contributed by atoms with Crippen LogP contribution in [0.5, 0.6) is 0 Å². The first-order valence-electron chi connectivity index (χ1n) is 5.60. The second-order valence-electron chi connectivity index (χ2n) is 4.13. The van der Waals surface area contributed by atoms with Crippen LogP contribution < -0.4 is 10.6 Å². The number of nitrogens with zero attached hydrogens (tertiary/aromatic N) is 3. The third-order valence-corrected chi connectivity index (χ3v) is 3.76. The zero-order chi connectivity index (χ0) is 11.5. The van der Waals surface area contributed by atoms with Crippen LogP contribution in [0, 0.1) is 6.92 Å². The van der Waals surface area contributed by atoms with Crippen LogP contribution in [0.1, 0.15) is 18.3 Å². The van der Waals surface area contributed by atoms with Gasteiger partial charge in [-0.2, -0.15) is 11.8 Å². The average Bonchev–Trinajstić information content (AvgIpc) is 2.28. The van der Waals surface area contributed by atoms with Crippen LogP contribution in [0.25, 0.3) is 0 Å². The Balaban J connectivity index is 2.21. The summed E-state index contributed by atoms with van der Waals surface area (Å²) in [6.45, 7) is 6.78. The van der Waals surface area contributed by atoms with Gasteiger partial charge in [-0.05, 0) is 13.0 Å². The topological polar surface area (TPSA) is 55.0 Å². The molecule has 1 saturated heterocycles. The van der Waals surface area contributed by atoms with Crippen LogP contribution in [0.4, 0.5) is 5.95 Å². The van der Waals surface area contributed by atoms with Crippen LogP contribution >= 0.6 is 11.8 Å². The van der Waals surface area contributed by atoms with Gasteiger partial charge in [-0.15, -0.1) is 0 Å². The van der Waals surface area contributed by atoms with Gasteiger partial charge in [-0.3, -0.25) is 0 Å². The van der Waals surface area contributed by atoms with Crippen LogP contribution in [-0.2, 0) is 6.54 Å². The first-order chi connectivity index (χ1) is 7.69. The van der Waals surface area contributed by atoms with Gasteiger partial charge in [0.2, 0.25) is 5.95 Å². The third kappa shape index (κ3) is 2.65. The van der Waals surface area contributed by atoms with Gasteiger partial charge in [-0.25, -0.2) is 9.97 Å². The van der Waals surface area contributed by atoms with E-state index in [0.29, 0.717) is 11.8 Å². The number of thioether (sulfide) groups is 1. The third-order valence-electron chi connectivity index (χ3n) is 2.63. The summed E-state index contributed by atoms with van der Waals surface area (Å²) in [4.78, 5) is 11.2. The maximum Gasteiger partial charge on any atom is 0.225 e. The molecule has 1 aromatic heterocycles. The minimum absolute atomic E-state index is 0.481. The molecule has 0 bridgehead atoms. The highest BCUT2D eigenvalue weighted by atomic mass is 32.2. The van der Waals surface area contributed by atoms with E-state index in [-0.39, 0.29) is 0 Å². The van der Waals surface area contributed by atoms with Crippen molar-refractivity contribution in [2.45, 2.75) is 25.6 Å². The Morgan fingerprint density at radius 1 is 1.56 bits per heavy atom. The fourth-order valence-corrected chi connectivity index (χ4v) is 2.88. The molecule has 0 spiro atoms. The van der Waals surface area contributed by atoms with E-state index in [2.05, 4.69) is 21.8 Å². The van der Waals surface area contributed by atoms with Gasteiger partial charge in [0.1, 0.15) is 0 Å². The van der Waals surface area contributed by atoms with Crippen molar-refractivity contribution in [2.75, 3.05) is 23.7 Å². The maximum absolute atomic E-state index is 5.63. The summed E-state index contributed by atoms with van der Waals surface area (Å²) in [7, 11) is 0. The lowest BCUT2D eigenvalue weighted by atomic mass is 10.3. The summed E-state index contributed by atoms with van der Waals surface area (Å²) in [6, 6.07) is 1.95. The van der Waals surface area contributed by atoms with Gasteiger partial charge in [0, 0.05) is 36.3 Å². The second kappa shape index (κ2) is 5.01. The first kappa shape index (κ1) is 11.7. The van der Waals surface area contributed by atoms with E-state index in [0.717, 1.165) is 36.2 Å². The van der Waals surface area contributed by atoms with Gasteiger partial charge in [0.05, 0.1) is 5.69 Å². The monoisotopic (exact) mass is 238 g/mol. The molecule has 1 unspecified atom stereocenters. The standard InChI is InChI=1S/C11H18N4S/c1-8-5-10(6-12)14-11(13-8)15-3-4-16-9(2)7-15/h5,9H,3-4,6-7,12H2,1-2H3. The van der Waals surface area contributed by atoms with Crippen molar-refractivity contribution in [1.29, 1.82) is 0 Å². The molecule has 0 aliphatic carbocycles. The molecule has 4 nitrogen and oxygen atoms in total. The van der Waals surface area contributed by atoms with Gasteiger partial charge in [0.25, 0.3) is 0 Å². The van der Waals surface area contributed by atoms with Crippen LogP contribution in [0.15, 0.2) is 6.07 Å². The number of hydrogen-bond acceptors (Lipinski definition) is 5. The number of nitrogens with two attached hydrogens (primary N) is 1. The van der Waals surface area contributed by atoms with Gasteiger partial charge in [-0.1, -0.05) is 6.92 Å². The largest absolute Gasteiger partial charge is 0.339 e. The fraction of sp³-hybridized carbons (Fsp3) is 0.636. The Kier molecular flexibility index (Phi) is 3.66. The molecular formula is C11H18N4S. The lowest BCUT2D eigenvalue weighted by Crippen LogP contribution is -2.38. The number of hydrogen-bond donors (Lipinski definition) is 1. The second-order valence-corrected chi connectivity index (χ2v) is 5.68. The molecule has 0 saturated carbocycles. The summed E-state index contributed by atoms with van der Waals surface area (Å²) in [5, 5.41) is 0.652. The summed E-state index contributed by atoms with van der Waals surface area (Å²) in [5.74, 6) is 1.99. The Labute approximate surface area is 101 Å². The van der Waals surface area contributed by atoms with E-state index in [1.165, 1.54) is 0 Å². The number of anilines is 1. The van der Waals surface area contributed by atoms with Crippen molar-refractivity contribution in [1.82, 2.24) is 9.97 Å². The van der Waals surface area contributed by atoms with E-state index >= 15 is 0 Å². The van der Waals surface area contributed by atoms with E-state index < -0.39 is 0 Å². The molecule has 2 heterocycles. The molecule has 1 atom stereocenters. The predicted octanol–water partition coefficient (Wildman–Crippen LogP) is 1.19. The molecule has 2 rings (SSSR count). The Hall–Kier alpha value is -0.810. The Bertz CT molecular complexity index is 369. The molecular weight excluding hydrogens is 220 g/mol. The smallest absolute Gasteiger partial charge is 0.225 e. The fourth-order valence-electron chi connectivity index (χ4n) is 1.86. The lowest BCUT2D eigenvalue weighted by molar-refractivity contribution is 0.745. The van der Waals surface area contributed by atoms with Crippen molar-refractivity contribution in [3.8, 4) is 0 Å². The number of aromatic nitrogens is 2. The van der Waals surface area contributed by atoms with E-state index in [1.807, 2.05) is 24.8 Å². The normalized spacial score (nSPS) is 21.2. The average molecular weight is 238 g/mol. The molecule has 88 valence electrons. The van der Waals surface area contributed by atoms with Crippen molar-refractivity contribution in [3.63, 3.8) is 0 Å². The first-order valence-corrected chi connectivity index (χ1v) is 6.65. The minimum Gasteiger partial charge on any atom is -0.339 e. The highest BCUT2D eigenvalue weighted by Crippen LogP contribution is 2.21. The highest BCUT2D eigenvalue weighted by Gasteiger charge is 2.19. The van der Waals surface area contributed by atoms with Crippen molar-refractivity contribution < 1.29 is 0 Å². The van der Waals surface area contributed by atoms with Crippen LogP contribution in [0.2, 0.25) is 0 Å². The van der Waals surface area contributed by atoms with Gasteiger partial charge < -0.3 is 10.6 Å². The van der Waals surface area contributed by atoms with Crippen LogP contribution in [0.3, 0.4) is 0 Å². The van der Waals surface area contributed by atoms with Crippen LogP contribution in [-0.4, -0.2) is 34.1 Å². The molecule has 5 heteroatoms. The summed E-state index contributed by atoms with van der Waals surface area (Å²) in [6.07, 6.45) is 0. The van der Waals surface area contributed by atoms with E-state index in [9.17, 15) is 0 Å². The van der Waals surface area contributed by atoms with Crippen molar-refractivity contribution in [2.24, 2.45) is 5.73 Å². The molecule has 1 aliphatic heterocycles. The highest BCUT2D eigenvalue weighted by molar-refractivity contribution is 8.00. The molecule has 1 fully saturated rings. The summed E-state index contributed by atoms with van der Waals surface area (Å²) in [5.41, 5.74) is 7.55. The molecule has 16 heavy (non-hydrogen) atoms. The summed E-state index contributed by atoms with van der Waals surface area (Å²) < 4.78 is 0. The quantitative estimate of drug-likeness (QED) is 0.838.